The number of nitrogens with two attached hydrogens (primary N) is 1. The van der Waals surface area contributed by atoms with Crippen LogP contribution < -0.4 is 5.73 Å². The van der Waals surface area contributed by atoms with Gasteiger partial charge in [0.05, 0.1) is 12.9 Å². The Morgan fingerprint density at radius 1 is 1.42 bits per heavy atom. The second-order valence-corrected chi connectivity index (χ2v) is 6.99. The maximum atomic E-state index is 12.4. The first kappa shape index (κ1) is 16.4. The van der Waals surface area contributed by atoms with E-state index in [9.17, 15) is 13.2 Å². The van der Waals surface area contributed by atoms with Gasteiger partial charge in [-0.1, -0.05) is 6.42 Å². The van der Waals surface area contributed by atoms with E-state index in [0.717, 1.165) is 19.3 Å². The highest BCUT2D eigenvalue weighted by Crippen LogP contribution is 2.26. The quantitative estimate of drug-likeness (QED) is 0.719. The van der Waals surface area contributed by atoms with Crippen molar-refractivity contribution < 1.29 is 17.9 Å². The van der Waals surface area contributed by atoms with Gasteiger partial charge in [0.25, 0.3) is 0 Å². The van der Waals surface area contributed by atoms with E-state index in [2.05, 4.69) is 4.74 Å². The Morgan fingerprint density at radius 3 is 2.68 bits per heavy atom. The van der Waals surface area contributed by atoms with Crippen molar-refractivity contribution in [1.82, 2.24) is 4.31 Å². The minimum atomic E-state index is -3.35. The van der Waals surface area contributed by atoms with Crippen molar-refractivity contribution in [2.75, 3.05) is 19.4 Å². The summed E-state index contributed by atoms with van der Waals surface area (Å²) >= 11 is 0. The van der Waals surface area contributed by atoms with Crippen LogP contribution in [0.4, 0.5) is 0 Å². The molecule has 0 radical (unpaired) electrons. The molecule has 0 spiro atoms. The molecule has 112 valence electrons. The molecule has 0 saturated carbocycles. The maximum absolute atomic E-state index is 12.4. The van der Waals surface area contributed by atoms with E-state index in [0.29, 0.717) is 6.54 Å². The monoisotopic (exact) mass is 292 g/mol. The summed E-state index contributed by atoms with van der Waals surface area (Å²) in [5.74, 6) is -0.402. The van der Waals surface area contributed by atoms with E-state index in [1.807, 2.05) is 6.92 Å². The lowest BCUT2D eigenvalue weighted by Gasteiger charge is -2.39. The highest BCUT2D eigenvalue weighted by molar-refractivity contribution is 7.89. The molecule has 2 atom stereocenters. The number of nitrogens with zero attached hydrogens (tertiary/aromatic N) is 1. The van der Waals surface area contributed by atoms with Crippen LogP contribution in [0.15, 0.2) is 0 Å². The van der Waals surface area contributed by atoms with Crippen molar-refractivity contribution >= 4 is 16.0 Å². The van der Waals surface area contributed by atoms with Gasteiger partial charge in [-0.25, -0.2) is 8.42 Å². The molecular formula is C12H24N2O4S. The first-order chi connectivity index (χ1) is 8.92. The summed E-state index contributed by atoms with van der Waals surface area (Å²) in [6.07, 6.45) is 3.11. The van der Waals surface area contributed by atoms with Crippen LogP contribution in [0.25, 0.3) is 0 Å². The number of sulfonamides is 1. The zero-order valence-corrected chi connectivity index (χ0v) is 12.5. The highest BCUT2D eigenvalue weighted by Gasteiger charge is 2.35. The van der Waals surface area contributed by atoms with Crippen LogP contribution in [-0.4, -0.2) is 50.2 Å². The van der Waals surface area contributed by atoms with Gasteiger partial charge in [0.15, 0.2) is 0 Å². The number of hydrogen-bond acceptors (Lipinski definition) is 5. The molecule has 1 heterocycles. The van der Waals surface area contributed by atoms with Crippen molar-refractivity contribution in [3.63, 3.8) is 0 Å². The summed E-state index contributed by atoms with van der Waals surface area (Å²) in [4.78, 5) is 11.0. The number of carbonyl (C=O) groups is 1. The van der Waals surface area contributed by atoms with E-state index >= 15 is 0 Å². The third kappa shape index (κ3) is 4.43. The van der Waals surface area contributed by atoms with Crippen molar-refractivity contribution in [3.05, 3.63) is 0 Å². The van der Waals surface area contributed by atoms with Gasteiger partial charge in [0, 0.05) is 25.0 Å². The maximum Gasteiger partial charge on any atom is 0.305 e. The third-order valence-electron chi connectivity index (χ3n) is 3.56. The Bertz CT molecular complexity index is 397. The van der Waals surface area contributed by atoms with Crippen molar-refractivity contribution in [2.24, 2.45) is 5.73 Å². The third-order valence-corrected chi connectivity index (χ3v) is 5.66. The molecule has 0 bridgehead atoms. The number of rotatable bonds is 6. The van der Waals surface area contributed by atoms with E-state index < -0.39 is 10.0 Å². The van der Waals surface area contributed by atoms with Gasteiger partial charge < -0.3 is 10.5 Å². The fourth-order valence-electron chi connectivity index (χ4n) is 2.59. The molecule has 19 heavy (non-hydrogen) atoms. The Hall–Kier alpha value is -0.660. The second kappa shape index (κ2) is 7.21. The number of piperidine rings is 1. The summed E-state index contributed by atoms with van der Waals surface area (Å²) in [5.41, 5.74) is 5.67. The van der Waals surface area contributed by atoms with Crippen LogP contribution in [0.5, 0.6) is 0 Å². The minimum absolute atomic E-state index is 0.00886. The number of methoxy groups -OCH3 is 1. The fraction of sp³-hybridized carbons (Fsp3) is 0.917. The highest BCUT2D eigenvalue weighted by atomic mass is 32.2. The minimum Gasteiger partial charge on any atom is -0.469 e. The number of hydrogen-bond donors (Lipinski definition) is 1. The van der Waals surface area contributed by atoms with Gasteiger partial charge in [0.2, 0.25) is 10.0 Å². The topological polar surface area (TPSA) is 89.7 Å². The molecule has 0 aromatic heterocycles. The number of ether oxygens (including phenoxy) is 1. The molecular weight excluding hydrogens is 268 g/mol. The van der Waals surface area contributed by atoms with Gasteiger partial charge >= 0.3 is 5.97 Å². The smallest absolute Gasteiger partial charge is 0.305 e. The van der Waals surface area contributed by atoms with Gasteiger partial charge in [-0.3, -0.25) is 4.79 Å². The fourth-order valence-corrected chi connectivity index (χ4v) is 4.61. The lowest BCUT2D eigenvalue weighted by Crippen LogP contribution is -2.52. The summed E-state index contributed by atoms with van der Waals surface area (Å²) in [5, 5.41) is 0. The standard InChI is InChI=1S/C12H24N2O4S/c1-10-5-3-6-11(9-13)14(10)19(16,17)8-4-7-12(15)18-2/h10-11H,3-9,13H2,1-2H3. The normalized spacial score (nSPS) is 25.2. The Morgan fingerprint density at radius 2 is 2.11 bits per heavy atom. The van der Waals surface area contributed by atoms with Crippen molar-refractivity contribution in [2.45, 2.75) is 51.1 Å². The van der Waals surface area contributed by atoms with Crippen LogP contribution in [0.2, 0.25) is 0 Å². The van der Waals surface area contributed by atoms with E-state index in [1.54, 1.807) is 4.31 Å². The first-order valence-electron chi connectivity index (χ1n) is 6.70. The second-order valence-electron chi connectivity index (χ2n) is 5.00. The van der Waals surface area contributed by atoms with Crippen LogP contribution in [-0.2, 0) is 19.6 Å². The summed E-state index contributed by atoms with van der Waals surface area (Å²) < 4.78 is 30.8. The zero-order chi connectivity index (χ0) is 14.5. The molecule has 0 aromatic rings. The Balaban J connectivity index is 2.65. The first-order valence-corrected chi connectivity index (χ1v) is 8.31. The lowest BCUT2D eigenvalue weighted by molar-refractivity contribution is -0.140. The average molecular weight is 292 g/mol. The number of esters is 1. The zero-order valence-electron chi connectivity index (χ0n) is 11.7. The van der Waals surface area contributed by atoms with Crippen molar-refractivity contribution in [1.29, 1.82) is 0 Å². The molecule has 1 fully saturated rings. The van der Waals surface area contributed by atoms with Gasteiger partial charge in [-0.2, -0.15) is 4.31 Å². The summed E-state index contributed by atoms with van der Waals surface area (Å²) in [6.45, 7) is 2.26. The largest absolute Gasteiger partial charge is 0.469 e. The molecule has 0 aliphatic carbocycles. The Labute approximate surface area is 115 Å². The molecule has 2 N–H and O–H groups in total. The van der Waals surface area contributed by atoms with Crippen LogP contribution in [0.1, 0.15) is 39.0 Å². The summed E-state index contributed by atoms with van der Waals surface area (Å²) in [7, 11) is -2.05. The molecule has 1 saturated heterocycles. The summed E-state index contributed by atoms with van der Waals surface area (Å²) in [6, 6.07) is -0.114. The van der Waals surface area contributed by atoms with Crippen LogP contribution in [0.3, 0.4) is 0 Å². The van der Waals surface area contributed by atoms with Gasteiger partial charge in [0.1, 0.15) is 0 Å². The SMILES string of the molecule is COC(=O)CCCS(=O)(=O)N1C(C)CCCC1CN. The molecule has 0 amide bonds. The van der Waals surface area contributed by atoms with E-state index in [-0.39, 0.29) is 36.6 Å². The molecule has 1 aliphatic rings. The molecule has 0 aromatic carbocycles. The Kier molecular flexibility index (Phi) is 6.22. The van der Waals surface area contributed by atoms with Crippen LogP contribution in [0, 0.1) is 0 Å². The molecule has 1 aliphatic heterocycles. The van der Waals surface area contributed by atoms with E-state index in [4.69, 9.17) is 5.73 Å². The van der Waals surface area contributed by atoms with Crippen LogP contribution >= 0.6 is 0 Å². The van der Waals surface area contributed by atoms with E-state index in [1.165, 1.54) is 7.11 Å². The van der Waals surface area contributed by atoms with Crippen molar-refractivity contribution in [3.8, 4) is 0 Å². The predicted molar refractivity (Wildman–Crippen MR) is 73.0 cm³/mol. The molecule has 6 nitrogen and oxygen atoms in total. The van der Waals surface area contributed by atoms with Gasteiger partial charge in [-0.05, 0) is 26.2 Å². The molecule has 7 heteroatoms. The molecule has 1 rings (SSSR count). The van der Waals surface area contributed by atoms with Gasteiger partial charge in [-0.15, -0.1) is 0 Å². The lowest BCUT2D eigenvalue weighted by atomic mass is 10.00. The average Bonchev–Trinajstić information content (AvgIpc) is 2.37. The number of carbonyl (C=O) groups excluding carboxylic acids is 1. The predicted octanol–water partition coefficient (Wildman–Crippen LogP) is 0.471. The molecule has 2 unspecified atom stereocenters.